The highest BCUT2D eigenvalue weighted by Crippen LogP contribution is 2.47. The minimum Gasteiger partial charge on any atom is -0.471 e. The predicted octanol–water partition coefficient (Wildman–Crippen LogP) is 2.72. The minimum absolute atomic E-state index is 0.0240. The Morgan fingerprint density at radius 2 is 1.85 bits per heavy atom. The molecule has 17 heteroatoms. The summed E-state index contributed by atoms with van der Waals surface area (Å²) in [4.78, 5) is 74.6. The molecule has 2 aromatic heterocycles. The lowest BCUT2D eigenvalue weighted by Crippen LogP contribution is -2.58. The van der Waals surface area contributed by atoms with Gasteiger partial charge >= 0.3 is 0 Å². The van der Waals surface area contributed by atoms with Crippen molar-refractivity contribution in [2.75, 3.05) is 6.54 Å². The summed E-state index contributed by atoms with van der Waals surface area (Å²) in [5, 5.41) is 5.65. The Labute approximate surface area is 312 Å². The molecule has 3 fully saturated rings. The molecule has 54 heavy (non-hydrogen) atoms. The first-order valence-electron chi connectivity index (χ1n) is 18.2. The normalized spacial score (nSPS) is 27.4. The summed E-state index contributed by atoms with van der Waals surface area (Å²) in [5.74, 6) is -3.53. The third-order valence-corrected chi connectivity index (χ3v) is 13.0. The molecule has 0 spiro atoms. The van der Waals surface area contributed by atoms with E-state index >= 15 is 0 Å². The number of ether oxygens (including phenoxy) is 1. The van der Waals surface area contributed by atoms with Crippen molar-refractivity contribution in [3.8, 4) is 5.88 Å². The Balaban J connectivity index is 1.20. The van der Waals surface area contributed by atoms with Gasteiger partial charge in [0.1, 0.15) is 40.9 Å². The maximum Gasteiger partial charge on any atom is 0.272 e. The molecule has 3 N–H and O–H groups in total. The second kappa shape index (κ2) is 14.3. The third-order valence-electron chi connectivity index (χ3n) is 10.8. The number of aryl methyl sites for hydroxylation is 2. The molecule has 0 unspecified atom stereocenters. The number of hydrogen-bond acceptors (Lipinski definition) is 11. The zero-order valence-corrected chi connectivity index (χ0v) is 31.1. The lowest BCUT2D eigenvalue weighted by Gasteiger charge is -2.30. The van der Waals surface area contributed by atoms with Crippen LogP contribution in [-0.2, 0) is 24.4 Å². The van der Waals surface area contributed by atoms with Crippen LogP contribution in [0.15, 0.2) is 42.7 Å². The van der Waals surface area contributed by atoms with Crippen molar-refractivity contribution in [2.24, 2.45) is 5.92 Å². The first-order chi connectivity index (χ1) is 25.7. The van der Waals surface area contributed by atoms with Crippen molar-refractivity contribution in [1.29, 1.82) is 0 Å². The molecule has 15 nitrogen and oxygen atoms in total. The number of allylic oxidation sites excluding steroid dienone is 1. The van der Waals surface area contributed by atoms with Crippen molar-refractivity contribution >= 4 is 44.7 Å². The smallest absolute Gasteiger partial charge is 0.272 e. The Kier molecular flexibility index (Phi) is 9.87. The van der Waals surface area contributed by atoms with Crippen LogP contribution >= 0.6 is 0 Å². The van der Waals surface area contributed by atoms with E-state index in [1.165, 1.54) is 35.5 Å². The number of carbonyl (C=O) groups excluding carboxylic acids is 4. The van der Waals surface area contributed by atoms with Crippen molar-refractivity contribution < 1.29 is 36.7 Å². The largest absolute Gasteiger partial charge is 0.471 e. The molecular weight excluding hydrogens is 720 g/mol. The lowest BCUT2D eigenvalue weighted by atomic mass is 10.0. The maximum absolute atomic E-state index is 14.5. The molecule has 0 bridgehead atoms. The van der Waals surface area contributed by atoms with Gasteiger partial charge in [0.05, 0.1) is 34.2 Å². The molecule has 1 aromatic carbocycles. The van der Waals surface area contributed by atoms with E-state index < -0.39 is 73.9 Å². The zero-order chi connectivity index (χ0) is 38.4. The summed E-state index contributed by atoms with van der Waals surface area (Å²) in [6.45, 7) is 4.89. The van der Waals surface area contributed by atoms with Crippen LogP contribution in [0.25, 0.3) is 11.0 Å². The number of amides is 4. The summed E-state index contributed by atoms with van der Waals surface area (Å²) in [6.07, 6.45) is 9.74. The Hall–Kier alpha value is -5.06. The first kappa shape index (κ1) is 37.3. The number of nitrogens with zero attached hydrogens (tertiary/aromatic N) is 5. The van der Waals surface area contributed by atoms with E-state index in [2.05, 4.69) is 35.3 Å². The van der Waals surface area contributed by atoms with E-state index in [1.54, 1.807) is 20.8 Å². The molecule has 7 rings (SSSR count). The summed E-state index contributed by atoms with van der Waals surface area (Å²) >= 11 is 0. The average Bonchev–Trinajstić information content (AvgIpc) is 4.01. The predicted molar refractivity (Wildman–Crippen MR) is 193 cm³/mol. The number of sulfonamides is 1. The minimum atomic E-state index is -4.01. The van der Waals surface area contributed by atoms with Crippen LogP contribution in [0.5, 0.6) is 5.88 Å². The number of halogens is 1. The molecule has 4 heterocycles. The quantitative estimate of drug-likeness (QED) is 0.299. The number of hydrogen-bond donors (Lipinski definition) is 3. The van der Waals surface area contributed by atoms with Gasteiger partial charge in [0.25, 0.3) is 11.8 Å². The van der Waals surface area contributed by atoms with Gasteiger partial charge in [-0.25, -0.2) is 27.8 Å². The molecule has 4 aliphatic rings. The van der Waals surface area contributed by atoms with Gasteiger partial charge in [-0.2, -0.15) is 0 Å². The number of carbonyl (C=O) groups is 4. The van der Waals surface area contributed by atoms with Gasteiger partial charge in [0.2, 0.25) is 27.7 Å². The van der Waals surface area contributed by atoms with Gasteiger partial charge < -0.3 is 20.3 Å². The van der Waals surface area contributed by atoms with E-state index in [4.69, 9.17) is 4.74 Å². The Bertz CT molecular complexity index is 2150. The fraction of sp³-hybridized carbons (Fsp3) is 0.514. The second-order valence-electron chi connectivity index (χ2n) is 15.0. The Morgan fingerprint density at radius 3 is 2.59 bits per heavy atom. The highest BCUT2D eigenvalue weighted by molar-refractivity contribution is 7.91. The van der Waals surface area contributed by atoms with E-state index in [9.17, 15) is 32.0 Å². The fourth-order valence-corrected chi connectivity index (χ4v) is 8.37. The van der Waals surface area contributed by atoms with Gasteiger partial charge in [0, 0.05) is 24.6 Å². The molecule has 0 radical (unpaired) electrons. The topological polar surface area (TPSA) is 203 Å². The zero-order valence-electron chi connectivity index (χ0n) is 30.3. The van der Waals surface area contributed by atoms with Crippen molar-refractivity contribution in [2.45, 2.75) is 107 Å². The van der Waals surface area contributed by atoms with E-state index in [0.717, 1.165) is 12.8 Å². The van der Waals surface area contributed by atoms with Crippen LogP contribution in [0.2, 0.25) is 0 Å². The molecule has 1 saturated heterocycles. The Morgan fingerprint density at radius 1 is 1.06 bits per heavy atom. The van der Waals surface area contributed by atoms with Crippen LogP contribution < -0.4 is 20.1 Å². The fourth-order valence-electron chi connectivity index (χ4n) is 7.06. The van der Waals surface area contributed by atoms with Crippen LogP contribution in [0.1, 0.15) is 86.6 Å². The molecule has 286 valence electrons. The average molecular weight is 763 g/mol. The molecule has 2 aliphatic carbocycles. The molecule has 3 aromatic rings. The molecule has 4 amide bonds. The van der Waals surface area contributed by atoms with Crippen LogP contribution in [-0.4, -0.2) is 91.9 Å². The van der Waals surface area contributed by atoms with Crippen LogP contribution in [0.3, 0.4) is 0 Å². The lowest BCUT2D eigenvalue weighted by molar-refractivity contribution is -0.141. The number of fused-ring (bicyclic) bond motifs is 3. The highest BCUT2D eigenvalue weighted by Gasteiger charge is 2.63. The van der Waals surface area contributed by atoms with E-state index in [0.29, 0.717) is 42.6 Å². The monoisotopic (exact) mass is 762 g/mol. The van der Waals surface area contributed by atoms with Gasteiger partial charge in [-0.1, -0.05) is 25.0 Å². The van der Waals surface area contributed by atoms with Gasteiger partial charge in [-0.05, 0) is 71.4 Å². The van der Waals surface area contributed by atoms with Crippen LogP contribution in [0.4, 0.5) is 4.39 Å². The van der Waals surface area contributed by atoms with Crippen molar-refractivity contribution in [3.05, 3.63) is 65.6 Å². The van der Waals surface area contributed by atoms with Crippen LogP contribution in [0, 0.1) is 25.6 Å². The first-order valence-corrected chi connectivity index (χ1v) is 19.7. The third kappa shape index (κ3) is 7.50. The SMILES string of the molecule is Cc1cnc(C(=O)N[C@H]2CCCCC/C=C\[C@@H]3C[C@@]3(C(=O)NS(=O)(=O)C3(C)CC3)NC(=O)[C@@H]3C[C@@H](Oc4nc5cc(F)ccc5nc4C)CN3C2=O)cn1. The number of nitrogens with one attached hydrogen (secondary N) is 3. The molecule has 2 saturated carbocycles. The molecule has 5 atom stereocenters. The van der Waals surface area contributed by atoms with E-state index in [1.807, 2.05) is 12.2 Å². The van der Waals surface area contributed by atoms with Gasteiger partial charge in [-0.15, -0.1) is 0 Å². The summed E-state index contributed by atoms with van der Waals surface area (Å²) in [6, 6.07) is 1.78. The molecule has 2 aliphatic heterocycles. The second-order valence-corrected chi connectivity index (χ2v) is 17.2. The van der Waals surface area contributed by atoms with Crippen molar-refractivity contribution in [1.82, 2.24) is 40.2 Å². The number of rotatable bonds is 7. The van der Waals surface area contributed by atoms with E-state index in [-0.39, 0.29) is 42.9 Å². The van der Waals surface area contributed by atoms with Crippen molar-refractivity contribution in [3.63, 3.8) is 0 Å². The maximum atomic E-state index is 14.5. The highest BCUT2D eigenvalue weighted by atomic mass is 32.2. The molecular formula is C37H43FN8O7S. The summed E-state index contributed by atoms with van der Waals surface area (Å²) in [7, 11) is -4.01. The van der Waals surface area contributed by atoms with Gasteiger partial charge in [-0.3, -0.25) is 28.9 Å². The number of benzene rings is 1. The summed E-state index contributed by atoms with van der Waals surface area (Å²) < 4.78 is 47.7. The van der Waals surface area contributed by atoms with Gasteiger partial charge in [0.15, 0.2) is 0 Å². The standard InChI is InChI=1S/C37H43FN8O7S/c1-21-18-40-29(19-39-21)31(47)42-27-10-8-6-4-5-7-9-23-17-37(23,35(50)45-54(51,52)36(3)13-14-36)44-32(48)30-16-25(20-46(30)34(27)49)53-33-22(2)41-26-12-11-24(38)15-28(26)43-33/h7,9,11-12,15,18-19,23,25,27,30H,4-6,8,10,13-14,16-17,20H2,1-3H3,(H,42,47)(H,44,48)(H,45,50)/b9-7-/t23-,25-,27+,30+,37-/m1/s1. The summed E-state index contributed by atoms with van der Waals surface area (Å²) in [5.41, 5.74) is 0.212. The number of aromatic nitrogens is 4.